The van der Waals surface area contributed by atoms with E-state index in [1.54, 1.807) is 12.4 Å². The maximum atomic E-state index is 12.3. The SMILES string of the molecule is O=C(O)C(F)(F)F.O=C1CCCCCc2cc(ccn2)-c2c(cnn2-n2cnccc2=O)N1. The molecule has 0 radical (unpaired) electrons. The highest BCUT2D eigenvalue weighted by atomic mass is 19.4. The van der Waals surface area contributed by atoms with Crippen LogP contribution in [-0.2, 0) is 16.0 Å². The first-order chi connectivity index (χ1) is 15.7. The van der Waals surface area contributed by atoms with Crippen LogP contribution in [0.3, 0.4) is 0 Å². The number of anilines is 1. The van der Waals surface area contributed by atoms with Crippen molar-refractivity contribution >= 4 is 17.6 Å². The van der Waals surface area contributed by atoms with Crippen molar-refractivity contribution in [3.05, 3.63) is 59.2 Å². The molecule has 10 nitrogen and oxygen atoms in total. The molecule has 2 bridgehead atoms. The smallest absolute Gasteiger partial charge is 0.475 e. The monoisotopic (exact) mass is 464 g/mol. The van der Waals surface area contributed by atoms with Crippen molar-refractivity contribution in [2.45, 2.75) is 38.3 Å². The van der Waals surface area contributed by atoms with Crippen molar-refractivity contribution in [2.24, 2.45) is 0 Å². The molecule has 13 heteroatoms. The molecule has 174 valence electrons. The van der Waals surface area contributed by atoms with Crippen molar-refractivity contribution in [2.75, 3.05) is 5.32 Å². The molecule has 0 fully saturated rings. The number of hydrogen-bond donors (Lipinski definition) is 2. The van der Waals surface area contributed by atoms with Crippen molar-refractivity contribution in [1.82, 2.24) is 24.5 Å². The van der Waals surface area contributed by atoms with E-state index in [1.807, 2.05) is 12.1 Å². The lowest BCUT2D eigenvalue weighted by Gasteiger charge is -2.13. The molecule has 0 unspecified atom stereocenters. The predicted octanol–water partition coefficient (Wildman–Crippen LogP) is 2.50. The number of halogens is 3. The number of carbonyl (C=O) groups is 2. The number of aliphatic carboxylic acids is 1. The summed E-state index contributed by atoms with van der Waals surface area (Å²) in [5.74, 6) is -2.81. The first-order valence-corrected chi connectivity index (χ1v) is 9.83. The van der Waals surface area contributed by atoms with E-state index in [0.717, 1.165) is 36.9 Å². The fourth-order valence-electron chi connectivity index (χ4n) is 3.09. The molecule has 4 rings (SSSR count). The lowest BCUT2D eigenvalue weighted by molar-refractivity contribution is -0.192. The summed E-state index contributed by atoms with van der Waals surface area (Å²) >= 11 is 0. The van der Waals surface area contributed by atoms with E-state index in [2.05, 4.69) is 20.4 Å². The third-order valence-electron chi connectivity index (χ3n) is 4.60. The predicted molar refractivity (Wildman–Crippen MR) is 109 cm³/mol. The van der Waals surface area contributed by atoms with Gasteiger partial charge in [0.25, 0.3) is 5.56 Å². The third kappa shape index (κ3) is 6.02. The zero-order chi connectivity index (χ0) is 24.0. The second-order valence-electron chi connectivity index (χ2n) is 7.01. The molecule has 3 aromatic heterocycles. The average Bonchev–Trinajstić information content (AvgIpc) is 3.16. The Bertz CT molecular complexity index is 1200. The number of aryl methyl sites for hydroxylation is 1. The van der Waals surface area contributed by atoms with Gasteiger partial charge in [-0.3, -0.25) is 14.6 Å². The van der Waals surface area contributed by atoms with Gasteiger partial charge >= 0.3 is 12.1 Å². The van der Waals surface area contributed by atoms with Gasteiger partial charge in [-0.2, -0.15) is 27.7 Å². The first kappa shape index (κ1) is 23.6. The number of carboxylic acids is 1. The Morgan fingerprint density at radius 2 is 1.82 bits per heavy atom. The number of amides is 1. The lowest BCUT2D eigenvalue weighted by Crippen LogP contribution is -2.27. The van der Waals surface area contributed by atoms with Gasteiger partial charge in [-0.25, -0.2) is 9.78 Å². The van der Waals surface area contributed by atoms with Crippen molar-refractivity contribution < 1.29 is 27.9 Å². The van der Waals surface area contributed by atoms with Crippen molar-refractivity contribution in [3.8, 4) is 11.3 Å². The summed E-state index contributed by atoms with van der Waals surface area (Å²) in [7, 11) is 0. The molecular formula is C20H19F3N6O4. The number of rotatable bonds is 1. The highest BCUT2D eigenvalue weighted by molar-refractivity contribution is 5.94. The molecule has 0 saturated heterocycles. The van der Waals surface area contributed by atoms with Gasteiger partial charge in [0.1, 0.15) is 12.0 Å². The molecule has 1 amide bonds. The fourth-order valence-corrected chi connectivity index (χ4v) is 3.09. The normalized spacial score (nSPS) is 14.0. The van der Waals surface area contributed by atoms with Crippen LogP contribution in [0.4, 0.5) is 18.9 Å². The Hall–Kier alpha value is -4.03. The minimum Gasteiger partial charge on any atom is -0.475 e. The Labute approximate surface area is 184 Å². The summed E-state index contributed by atoms with van der Waals surface area (Å²) in [5.41, 5.74) is 2.73. The molecular weight excluding hydrogens is 445 g/mol. The van der Waals surface area contributed by atoms with Crippen LogP contribution in [-0.4, -0.2) is 47.7 Å². The number of pyridine rings is 1. The molecule has 0 saturated carbocycles. The van der Waals surface area contributed by atoms with Crippen molar-refractivity contribution in [1.29, 1.82) is 0 Å². The van der Waals surface area contributed by atoms with Crippen LogP contribution in [0, 0.1) is 0 Å². The van der Waals surface area contributed by atoms with Crippen LogP contribution < -0.4 is 10.9 Å². The van der Waals surface area contributed by atoms with E-state index in [9.17, 15) is 22.8 Å². The third-order valence-corrected chi connectivity index (χ3v) is 4.60. The molecule has 0 aliphatic carbocycles. The second-order valence-corrected chi connectivity index (χ2v) is 7.01. The average molecular weight is 464 g/mol. The van der Waals surface area contributed by atoms with Gasteiger partial charge in [0.2, 0.25) is 5.91 Å². The number of alkyl halides is 3. The number of carbonyl (C=O) groups excluding carboxylic acids is 1. The minimum atomic E-state index is -5.08. The van der Waals surface area contributed by atoms with Crippen LogP contribution in [0.2, 0.25) is 0 Å². The van der Waals surface area contributed by atoms with Gasteiger partial charge in [-0.05, 0) is 31.4 Å². The zero-order valence-corrected chi connectivity index (χ0v) is 17.1. The Kier molecular flexibility index (Phi) is 7.20. The summed E-state index contributed by atoms with van der Waals surface area (Å²) in [5, 5.41) is 14.4. The van der Waals surface area contributed by atoms with Gasteiger partial charge in [-0.1, -0.05) is 6.42 Å². The molecule has 33 heavy (non-hydrogen) atoms. The van der Waals surface area contributed by atoms with Gasteiger partial charge in [-0.15, -0.1) is 0 Å². The highest BCUT2D eigenvalue weighted by Gasteiger charge is 2.38. The Morgan fingerprint density at radius 3 is 2.52 bits per heavy atom. The molecule has 2 N–H and O–H groups in total. The summed E-state index contributed by atoms with van der Waals surface area (Å²) in [4.78, 5) is 43.3. The molecule has 1 aliphatic heterocycles. The van der Waals surface area contributed by atoms with Gasteiger partial charge < -0.3 is 10.4 Å². The Morgan fingerprint density at radius 1 is 1.09 bits per heavy atom. The quantitative estimate of drug-likeness (QED) is 0.566. The Balaban J connectivity index is 0.000000383. The van der Waals surface area contributed by atoms with E-state index in [0.29, 0.717) is 17.8 Å². The van der Waals surface area contributed by atoms with Crippen LogP contribution in [0.25, 0.3) is 11.3 Å². The minimum absolute atomic E-state index is 0.0563. The second kappa shape index (κ2) is 10.1. The number of nitrogens with zero attached hydrogens (tertiary/aromatic N) is 5. The number of carboxylic acid groups (broad SMARTS) is 1. The van der Waals surface area contributed by atoms with Crippen LogP contribution in [0.5, 0.6) is 0 Å². The lowest BCUT2D eigenvalue weighted by atomic mass is 10.1. The number of fused-ring (bicyclic) bond motifs is 4. The van der Waals surface area contributed by atoms with Crippen LogP contribution in [0.1, 0.15) is 31.4 Å². The fraction of sp³-hybridized carbons (Fsp3) is 0.300. The summed E-state index contributed by atoms with van der Waals surface area (Å²) in [6.45, 7) is 0. The topological polar surface area (TPSA) is 132 Å². The summed E-state index contributed by atoms with van der Waals surface area (Å²) < 4.78 is 33.0. The molecule has 0 spiro atoms. The van der Waals surface area contributed by atoms with Crippen LogP contribution in [0.15, 0.2) is 47.9 Å². The number of hydrogen-bond acceptors (Lipinski definition) is 6. The van der Waals surface area contributed by atoms with Gasteiger partial charge in [0.05, 0.1) is 11.9 Å². The van der Waals surface area contributed by atoms with E-state index in [-0.39, 0.29) is 11.5 Å². The summed E-state index contributed by atoms with van der Waals surface area (Å²) in [6, 6.07) is 5.19. The summed E-state index contributed by atoms with van der Waals surface area (Å²) in [6.07, 6.45) is 5.15. The largest absolute Gasteiger partial charge is 0.490 e. The van der Waals surface area contributed by atoms with E-state index in [1.165, 1.54) is 28.1 Å². The van der Waals surface area contributed by atoms with Crippen molar-refractivity contribution in [3.63, 3.8) is 0 Å². The molecule has 0 atom stereocenters. The van der Waals surface area contributed by atoms with E-state index < -0.39 is 12.1 Å². The zero-order valence-electron chi connectivity index (χ0n) is 17.1. The highest BCUT2D eigenvalue weighted by Crippen LogP contribution is 2.29. The molecule has 4 heterocycles. The standard InChI is InChI=1S/C18H18N6O2.C2HF3O2/c25-16-5-3-1-2-4-14-10-13(6-9-20-14)18-15(22-16)11-21-24(18)23-12-19-8-7-17(23)26;3-2(4,5)1(6)7/h6-12H,1-5H2,(H,22,25);(H,6,7). The number of aromatic nitrogens is 5. The van der Waals surface area contributed by atoms with Crippen LogP contribution >= 0.6 is 0 Å². The van der Waals surface area contributed by atoms with Gasteiger partial charge in [0.15, 0.2) is 0 Å². The van der Waals surface area contributed by atoms with E-state index in [4.69, 9.17) is 9.90 Å². The molecule has 1 aliphatic rings. The molecule has 3 aromatic rings. The first-order valence-electron chi connectivity index (χ1n) is 9.83. The maximum absolute atomic E-state index is 12.3. The van der Waals surface area contributed by atoms with Gasteiger partial charge in [0, 0.05) is 36.1 Å². The molecule has 0 aromatic carbocycles. The maximum Gasteiger partial charge on any atom is 0.490 e. The number of nitrogens with one attached hydrogen (secondary N) is 1. The van der Waals surface area contributed by atoms with E-state index >= 15 is 0 Å².